The minimum absolute atomic E-state index is 0.256. The minimum atomic E-state index is -0.256. The second-order valence-electron chi connectivity index (χ2n) is 3.60. The molecule has 0 atom stereocenters. The Hall–Kier alpha value is -1.35. The van der Waals surface area contributed by atoms with Crippen molar-refractivity contribution in [3.05, 3.63) is 34.2 Å². The molecule has 0 aliphatic rings. The molecule has 0 amide bonds. The lowest BCUT2D eigenvalue weighted by Crippen LogP contribution is -1.96. The van der Waals surface area contributed by atoms with E-state index in [1.165, 1.54) is 29.6 Å². The van der Waals surface area contributed by atoms with Gasteiger partial charge in [-0.3, -0.25) is 0 Å². The molecule has 78 valence electrons. The second kappa shape index (κ2) is 3.66. The number of hydrogen-bond acceptors (Lipinski definition) is 3. The van der Waals surface area contributed by atoms with Crippen molar-refractivity contribution in [3.63, 3.8) is 0 Å². The highest BCUT2D eigenvalue weighted by Crippen LogP contribution is 2.29. The Morgan fingerprint density at radius 3 is 2.67 bits per heavy atom. The largest absolute Gasteiger partial charge is 0.465 e. The van der Waals surface area contributed by atoms with Crippen LogP contribution in [-0.4, -0.2) is 13.1 Å². The van der Waals surface area contributed by atoms with Crippen molar-refractivity contribution < 1.29 is 9.53 Å². The molecule has 1 aromatic carbocycles. The zero-order valence-electron chi connectivity index (χ0n) is 8.96. The van der Waals surface area contributed by atoms with Gasteiger partial charge in [0.15, 0.2) is 0 Å². The number of thiophene rings is 1. The summed E-state index contributed by atoms with van der Waals surface area (Å²) in [5.74, 6) is -0.256. The Morgan fingerprint density at radius 1 is 1.27 bits per heavy atom. The molecule has 0 aliphatic heterocycles. The molecule has 0 N–H and O–H groups in total. The van der Waals surface area contributed by atoms with Crippen LogP contribution in [0.2, 0.25) is 0 Å². The normalized spacial score (nSPS) is 10.6. The van der Waals surface area contributed by atoms with Crippen molar-refractivity contribution in [2.24, 2.45) is 0 Å². The van der Waals surface area contributed by atoms with E-state index in [-0.39, 0.29) is 5.97 Å². The van der Waals surface area contributed by atoms with Gasteiger partial charge in [0.05, 0.1) is 7.11 Å². The molecule has 0 spiro atoms. The Labute approximate surface area is 92.5 Å². The van der Waals surface area contributed by atoms with E-state index in [4.69, 9.17) is 4.74 Å². The monoisotopic (exact) mass is 220 g/mol. The van der Waals surface area contributed by atoms with Crippen LogP contribution < -0.4 is 0 Å². The van der Waals surface area contributed by atoms with E-state index in [1.807, 2.05) is 6.07 Å². The maximum absolute atomic E-state index is 11.4. The van der Waals surface area contributed by atoms with Crippen molar-refractivity contribution in [3.8, 4) is 0 Å². The lowest BCUT2D eigenvalue weighted by molar-refractivity contribution is 0.0606. The molecule has 2 aromatic rings. The maximum Gasteiger partial charge on any atom is 0.348 e. The number of aryl methyl sites for hydroxylation is 2. The highest BCUT2D eigenvalue weighted by molar-refractivity contribution is 7.20. The van der Waals surface area contributed by atoms with Gasteiger partial charge in [0.2, 0.25) is 0 Å². The van der Waals surface area contributed by atoms with Gasteiger partial charge in [0, 0.05) is 4.70 Å². The fraction of sp³-hybridized carbons (Fsp3) is 0.250. The predicted octanol–water partition coefficient (Wildman–Crippen LogP) is 3.30. The molecule has 15 heavy (non-hydrogen) atoms. The smallest absolute Gasteiger partial charge is 0.348 e. The van der Waals surface area contributed by atoms with Crippen LogP contribution in [0.1, 0.15) is 20.8 Å². The van der Waals surface area contributed by atoms with Crippen molar-refractivity contribution in [1.82, 2.24) is 0 Å². The molecule has 2 rings (SSSR count). The van der Waals surface area contributed by atoms with Gasteiger partial charge in [-0.05, 0) is 42.5 Å². The van der Waals surface area contributed by atoms with Crippen molar-refractivity contribution in [1.29, 1.82) is 0 Å². The van der Waals surface area contributed by atoms with E-state index in [0.29, 0.717) is 4.88 Å². The van der Waals surface area contributed by atoms with Gasteiger partial charge in [0.1, 0.15) is 4.88 Å². The first-order valence-corrected chi connectivity index (χ1v) is 5.52. The van der Waals surface area contributed by atoms with Crippen molar-refractivity contribution in [2.45, 2.75) is 13.8 Å². The fourth-order valence-electron chi connectivity index (χ4n) is 1.69. The molecule has 0 fully saturated rings. The summed E-state index contributed by atoms with van der Waals surface area (Å²) in [5.41, 5.74) is 2.43. The summed E-state index contributed by atoms with van der Waals surface area (Å²) in [7, 11) is 1.41. The standard InChI is InChI=1S/C12H12O2S/c1-7-4-8(2)9-6-11(12(13)14-3)15-10(9)5-7/h4-6H,1-3H3. The number of methoxy groups -OCH3 is 1. The van der Waals surface area contributed by atoms with Gasteiger partial charge in [-0.15, -0.1) is 11.3 Å². The quantitative estimate of drug-likeness (QED) is 0.689. The zero-order chi connectivity index (χ0) is 11.0. The van der Waals surface area contributed by atoms with Gasteiger partial charge in [-0.1, -0.05) is 6.07 Å². The summed E-state index contributed by atoms with van der Waals surface area (Å²) in [6, 6.07) is 6.12. The first-order chi connectivity index (χ1) is 7.11. The minimum Gasteiger partial charge on any atom is -0.465 e. The molecule has 3 heteroatoms. The lowest BCUT2D eigenvalue weighted by atomic mass is 10.1. The number of hydrogen-bond donors (Lipinski definition) is 0. The van der Waals surface area contributed by atoms with E-state index in [2.05, 4.69) is 26.0 Å². The number of fused-ring (bicyclic) bond motifs is 1. The first kappa shape index (κ1) is 10.2. The molecule has 0 saturated heterocycles. The van der Waals surface area contributed by atoms with Crippen LogP contribution in [0.25, 0.3) is 10.1 Å². The summed E-state index contributed by atoms with van der Waals surface area (Å²) in [6.07, 6.45) is 0. The number of carbonyl (C=O) groups is 1. The highest BCUT2D eigenvalue weighted by atomic mass is 32.1. The number of benzene rings is 1. The summed E-state index contributed by atoms with van der Waals surface area (Å²) < 4.78 is 5.85. The third-order valence-corrected chi connectivity index (χ3v) is 3.44. The molecule has 0 bridgehead atoms. The van der Waals surface area contributed by atoms with Gasteiger partial charge in [-0.2, -0.15) is 0 Å². The molecule has 0 saturated carbocycles. The van der Waals surface area contributed by atoms with E-state index < -0.39 is 0 Å². The topological polar surface area (TPSA) is 26.3 Å². The van der Waals surface area contributed by atoms with E-state index in [1.54, 1.807) is 0 Å². The Balaban J connectivity index is 2.65. The lowest BCUT2D eigenvalue weighted by Gasteiger charge is -1.97. The third-order valence-electron chi connectivity index (χ3n) is 2.38. The molecule has 0 aliphatic carbocycles. The van der Waals surface area contributed by atoms with Crippen LogP contribution in [0.4, 0.5) is 0 Å². The summed E-state index contributed by atoms with van der Waals surface area (Å²) >= 11 is 1.48. The van der Waals surface area contributed by atoms with E-state index in [9.17, 15) is 4.79 Å². The van der Waals surface area contributed by atoms with E-state index >= 15 is 0 Å². The van der Waals surface area contributed by atoms with Crippen molar-refractivity contribution in [2.75, 3.05) is 7.11 Å². The average Bonchev–Trinajstić information content (AvgIpc) is 2.60. The summed E-state index contributed by atoms with van der Waals surface area (Å²) in [4.78, 5) is 12.0. The van der Waals surface area contributed by atoms with Gasteiger partial charge in [-0.25, -0.2) is 4.79 Å². The molecule has 1 aromatic heterocycles. The van der Waals surface area contributed by atoms with Crippen LogP contribution in [0, 0.1) is 13.8 Å². The first-order valence-electron chi connectivity index (χ1n) is 4.71. The number of rotatable bonds is 1. The fourth-order valence-corrected chi connectivity index (χ4v) is 2.84. The summed E-state index contributed by atoms with van der Waals surface area (Å²) in [6.45, 7) is 4.12. The number of carbonyl (C=O) groups excluding carboxylic acids is 1. The Morgan fingerprint density at radius 2 is 2.00 bits per heavy atom. The summed E-state index contributed by atoms with van der Waals surface area (Å²) in [5, 5.41) is 1.14. The van der Waals surface area contributed by atoms with Crippen molar-refractivity contribution >= 4 is 27.4 Å². The SMILES string of the molecule is COC(=O)c1cc2c(C)cc(C)cc2s1. The predicted molar refractivity (Wildman–Crippen MR) is 62.6 cm³/mol. The highest BCUT2D eigenvalue weighted by Gasteiger charge is 2.11. The van der Waals surface area contributed by atoms with Crippen LogP contribution in [0.15, 0.2) is 18.2 Å². The van der Waals surface area contributed by atoms with Gasteiger partial charge < -0.3 is 4.74 Å². The van der Waals surface area contributed by atoms with Crippen LogP contribution in [0.3, 0.4) is 0 Å². The molecule has 1 heterocycles. The van der Waals surface area contributed by atoms with Gasteiger partial charge in [0.25, 0.3) is 0 Å². The van der Waals surface area contributed by atoms with Crippen LogP contribution in [0.5, 0.6) is 0 Å². The van der Waals surface area contributed by atoms with E-state index in [0.717, 1.165) is 10.1 Å². The average molecular weight is 220 g/mol. The Bertz CT molecular complexity index is 526. The number of ether oxygens (including phenoxy) is 1. The van der Waals surface area contributed by atoms with Gasteiger partial charge >= 0.3 is 5.97 Å². The molecule has 0 radical (unpaired) electrons. The third kappa shape index (κ3) is 1.75. The molecular weight excluding hydrogens is 208 g/mol. The molecular formula is C12H12O2S. The Kier molecular flexibility index (Phi) is 2.49. The molecule has 0 unspecified atom stereocenters. The second-order valence-corrected chi connectivity index (χ2v) is 4.68. The van der Waals surface area contributed by atoms with Crippen LogP contribution >= 0.6 is 11.3 Å². The zero-order valence-corrected chi connectivity index (χ0v) is 9.77. The molecule has 2 nitrogen and oxygen atoms in total. The van der Waals surface area contributed by atoms with Crippen LogP contribution in [-0.2, 0) is 4.74 Å². The number of esters is 1. The maximum atomic E-state index is 11.4.